The summed E-state index contributed by atoms with van der Waals surface area (Å²) in [6.45, 7) is 0. The zero-order valence-electron chi connectivity index (χ0n) is 10.4. The average molecular weight is 355 g/mol. The summed E-state index contributed by atoms with van der Waals surface area (Å²) in [5.41, 5.74) is 5.57. The molecule has 0 radical (unpaired) electrons. The highest BCUT2D eigenvalue weighted by molar-refractivity contribution is 9.10. The van der Waals surface area contributed by atoms with Gasteiger partial charge in [0, 0.05) is 10.0 Å². The normalized spacial score (nSPS) is 10.3. The van der Waals surface area contributed by atoms with Crippen LogP contribution in [-0.2, 0) is 0 Å². The molecule has 0 saturated heterocycles. The summed E-state index contributed by atoms with van der Waals surface area (Å²) in [6, 6.07) is 6.73. The van der Waals surface area contributed by atoms with Crippen LogP contribution in [0.5, 0.6) is 0 Å². The molecule has 104 valence electrons. The Morgan fingerprint density at radius 3 is 2.60 bits per heavy atom. The molecule has 4 N–H and O–H groups in total. The van der Waals surface area contributed by atoms with Gasteiger partial charge in [0.25, 0.3) is 11.5 Å². The molecule has 2 rings (SSSR count). The van der Waals surface area contributed by atoms with Crippen LogP contribution in [0.3, 0.4) is 0 Å². The molecule has 1 aromatic carbocycles. The van der Waals surface area contributed by atoms with Gasteiger partial charge in [-0.25, -0.2) is 4.98 Å². The van der Waals surface area contributed by atoms with E-state index in [1.807, 2.05) is 0 Å². The van der Waals surface area contributed by atoms with Gasteiger partial charge in [0.1, 0.15) is 5.69 Å². The number of carbonyl (C=O) groups excluding carboxylic acids is 1. The smallest absolute Gasteiger partial charge is 0.277 e. The lowest BCUT2D eigenvalue weighted by Crippen LogP contribution is -2.22. The van der Waals surface area contributed by atoms with Gasteiger partial charge in [-0.15, -0.1) is 0 Å². The average Bonchev–Trinajstić information content (AvgIpc) is 2.43. The Kier molecular flexibility index (Phi) is 4.46. The number of carbonyl (C=O) groups is 1. The second kappa shape index (κ2) is 6.10. The first-order valence-corrected chi connectivity index (χ1v) is 7.53. The summed E-state index contributed by atoms with van der Waals surface area (Å²) in [6.07, 6.45) is 1.76. The van der Waals surface area contributed by atoms with Crippen LogP contribution in [0.1, 0.15) is 10.4 Å². The fourth-order valence-corrected chi connectivity index (χ4v) is 2.12. The monoisotopic (exact) mass is 354 g/mol. The summed E-state index contributed by atoms with van der Waals surface area (Å²) >= 11 is 4.54. The van der Waals surface area contributed by atoms with E-state index in [-0.39, 0.29) is 11.5 Å². The minimum Gasteiger partial charge on any atom is -0.382 e. The van der Waals surface area contributed by atoms with E-state index in [1.54, 1.807) is 30.5 Å². The zero-order chi connectivity index (χ0) is 14.7. The Morgan fingerprint density at radius 1 is 1.40 bits per heavy atom. The van der Waals surface area contributed by atoms with Crippen molar-refractivity contribution in [1.82, 2.24) is 9.97 Å². The summed E-state index contributed by atoms with van der Waals surface area (Å²) in [5.74, 6) is -0.433. The van der Waals surface area contributed by atoms with Crippen molar-refractivity contribution in [1.29, 1.82) is 0 Å². The van der Waals surface area contributed by atoms with E-state index in [1.165, 1.54) is 11.8 Å². The van der Waals surface area contributed by atoms with Crippen LogP contribution < -0.4 is 16.6 Å². The molecule has 1 aromatic heterocycles. The molecule has 2 aromatic rings. The SMILES string of the molecule is CSc1nc(N)c(NC(=O)c2ccc(Br)cc2)c(=O)[nH]1. The van der Waals surface area contributed by atoms with Gasteiger partial charge in [0.05, 0.1) is 0 Å². The second-order valence-electron chi connectivity index (χ2n) is 3.80. The molecule has 0 aliphatic rings. The quantitative estimate of drug-likeness (QED) is 0.578. The molecule has 20 heavy (non-hydrogen) atoms. The summed E-state index contributed by atoms with van der Waals surface area (Å²) in [4.78, 5) is 30.3. The van der Waals surface area contributed by atoms with Crippen LogP contribution in [0.25, 0.3) is 0 Å². The maximum absolute atomic E-state index is 12.0. The van der Waals surface area contributed by atoms with Gasteiger partial charge in [-0.05, 0) is 30.5 Å². The number of rotatable bonds is 3. The van der Waals surface area contributed by atoms with Crippen molar-refractivity contribution >= 4 is 45.1 Å². The summed E-state index contributed by atoms with van der Waals surface area (Å²) in [5, 5.41) is 2.87. The van der Waals surface area contributed by atoms with E-state index in [2.05, 4.69) is 31.2 Å². The number of nitrogens with zero attached hydrogens (tertiary/aromatic N) is 1. The third-order valence-corrected chi connectivity index (χ3v) is 3.57. The van der Waals surface area contributed by atoms with Gasteiger partial charge in [-0.3, -0.25) is 14.6 Å². The van der Waals surface area contributed by atoms with Crippen molar-refractivity contribution in [2.24, 2.45) is 0 Å². The third-order valence-electron chi connectivity index (χ3n) is 2.46. The van der Waals surface area contributed by atoms with E-state index in [0.29, 0.717) is 10.7 Å². The van der Waals surface area contributed by atoms with Crippen molar-refractivity contribution in [3.63, 3.8) is 0 Å². The number of aromatic amines is 1. The maximum Gasteiger partial charge on any atom is 0.277 e. The van der Waals surface area contributed by atoms with Gasteiger partial charge in [0.15, 0.2) is 11.0 Å². The first kappa shape index (κ1) is 14.6. The molecule has 0 saturated carbocycles. The molecule has 0 unspecified atom stereocenters. The Hall–Kier alpha value is -1.80. The van der Waals surface area contributed by atoms with Crippen LogP contribution in [-0.4, -0.2) is 22.1 Å². The second-order valence-corrected chi connectivity index (χ2v) is 5.51. The first-order valence-electron chi connectivity index (χ1n) is 5.52. The summed E-state index contributed by atoms with van der Waals surface area (Å²) in [7, 11) is 0. The number of aromatic nitrogens is 2. The Labute approximate surface area is 127 Å². The van der Waals surface area contributed by atoms with Crippen molar-refractivity contribution in [3.8, 4) is 0 Å². The topological polar surface area (TPSA) is 101 Å². The standard InChI is InChI=1S/C12H11BrN4O2S/c1-20-12-16-9(14)8(11(19)17-12)15-10(18)6-2-4-7(13)5-3-6/h2-5H,1H3,(H,15,18)(H3,14,16,17,19). The Bertz CT molecular complexity index is 700. The van der Waals surface area contributed by atoms with Crippen LogP contribution in [0.2, 0.25) is 0 Å². The lowest BCUT2D eigenvalue weighted by molar-refractivity contribution is 0.102. The highest BCUT2D eigenvalue weighted by Crippen LogP contribution is 2.16. The number of thioether (sulfide) groups is 1. The van der Waals surface area contributed by atoms with Gasteiger partial charge in [-0.1, -0.05) is 27.7 Å². The molecular weight excluding hydrogens is 344 g/mol. The molecule has 1 heterocycles. The number of amides is 1. The van der Waals surface area contributed by atoms with E-state index < -0.39 is 11.5 Å². The number of H-pyrrole nitrogens is 1. The number of nitrogens with one attached hydrogen (secondary N) is 2. The lowest BCUT2D eigenvalue weighted by atomic mass is 10.2. The van der Waals surface area contributed by atoms with E-state index in [0.717, 1.165) is 4.47 Å². The number of halogens is 1. The first-order chi connectivity index (χ1) is 9.51. The van der Waals surface area contributed by atoms with Crippen molar-refractivity contribution in [3.05, 3.63) is 44.7 Å². The Morgan fingerprint density at radius 2 is 2.05 bits per heavy atom. The minimum absolute atomic E-state index is 0.0106. The maximum atomic E-state index is 12.0. The van der Waals surface area contributed by atoms with Crippen LogP contribution >= 0.6 is 27.7 Å². The third kappa shape index (κ3) is 3.20. The highest BCUT2D eigenvalue weighted by Gasteiger charge is 2.13. The van der Waals surface area contributed by atoms with Crippen molar-refractivity contribution in [2.75, 3.05) is 17.3 Å². The van der Waals surface area contributed by atoms with Crippen LogP contribution in [0.4, 0.5) is 11.5 Å². The number of anilines is 2. The zero-order valence-corrected chi connectivity index (χ0v) is 12.8. The van der Waals surface area contributed by atoms with Crippen LogP contribution in [0.15, 0.2) is 38.7 Å². The molecule has 6 nitrogen and oxygen atoms in total. The largest absolute Gasteiger partial charge is 0.382 e. The van der Waals surface area contributed by atoms with Gasteiger partial charge in [-0.2, -0.15) is 0 Å². The van der Waals surface area contributed by atoms with Gasteiger partial charge < -0.3 is 11.1 Å². The van der Waals surface area contributed by atoms with E-state index >= 15 is 0 Å². The lowest BCUT2D eigenvalue weighted by Gasteiger charge is -2.07. The van der Waals surface area contributed by atoms with Crippen molar-refractivity contribution in [2.45, 2.75) is 5.16 Å². The molecule has 8 heteroatoms. The molecule has 0 atom stereocenters. The number of hydrogen-bond acceptors (Lipinski definition) is 5. The Balaban J connectivity index is 2.28. The fourth-order valence-electron chi connectivity index (χ4n) is 1.47. The van der Waals surface area contributed by atoms with E-state index in [4.69, 9.17) is 5.73 Å². The number of benzene rings is 1. The van der Waals surface area contributed by atoms with Crippen molar-refractivity contribution < 1.29 is 4.79 Å². The number of hydrogen-bond donors (Lipinski definition) is 3. The van der Waals surface area contributed by atoms with E-state index in [9.17, 15) is 9.59 Å². The molecule has 1 amide bonds. The molecule has 0 bridgehead atoms. The molecule has 0 aliphatic carbocycles. The molecule has 0 spiro atoms. The van der Waals surface area contributed by atoms with Gasteiger partial charge in [0.2, 0.25) is 0 Å². The number of nitrogens with two attached hydrogens (primary N) is 1. The predicted molar refractivity (Wildman–Crippen MR) is 83.1 cm³/mol. The fraction of sp³-hybridized carbons (Fsp3) is 0.0833. The minimum atomic E-state index is -0.479. The summed E-state index contributed by atoms with van der Waals surface area (Å²) < 4.78 is 0.859. The van der Waals surface area contributed by atoms with Gasteiger partial charge >= 0.3 is 0 Å². The molecule has 0 aliphatic heterocycles. The predicted octanol–water partition coefficient (Wildman–Crippen LogP) is 2.09. The van der Waals surface area contributed by atoms with Crippen LogP contribution in [0, 0.1) is 0 Å². The highest BCUT2D eigenvalue weighted by atomic mass is 79.9. The molecular formula is C12H11BrN4O2S. The number of nitrogen functional groups attached to an aromatic ring is 1. The molecule has 0 fully saturated rings.